The molecule has 2 aromatic rings. The number of aromatic amines is 2. The number of halogens is 1. The van der Waals surface area contributed by atoms with Crippen molar-refractivity contribution in [1.82, 2.24) is 15.4 Å². The van der Waals surface area contributed by atoms with Crippen LogP contribution in [0.1, 0.15) is 11.3 Å². The summed E-state index contributed by atoms with van der Waals surface area (Å²) in [6, 6.07) is 8.51. The van der Waals surface area contributed by atoms with Crippen LogP contribution in [-0.2, 0) is 11.2 Å². The van der Waals surface area contributed by atoms with E-state index in [1.807, 2.05) is 29.2 Å². The summed E-state index contributed by atoms with van der Waals surface area (Å²) in [5.74, 6) is -0.440. The second-order valence-corrected chi connectivity index (χ2v) is 5.05. The number of hydrazone groups is 1. The predicted molar refractivity (Wildman–Crippen MR) is 81.3 cm³/mol. The van der Waals surface area contributed by atoms with Crippen molar-refractivity contribution in [3.8, 4) is 0 Å². The van der Waals surface area contributed by atoms with Crippen LogP contribution in [-0.4, -0.2) is 22.1 Å². The van der Waals surface area contributed by atoms with Gasteiger partial charge in [0, 0.05) is 16.2 Å². The fraction of sp³-hybridized carbons (Fsp3) is 0.0769. The van der Waals surface area contributed by atoms with Crippen molar-refractivity contribution in [2.45, 2.75) is 6.42 Å². The SMILES string of the molecule is O=C(Cc1cc(=O)[nH]c(=O)[nH]1)NN=Cc1ccc(Br)cc1. The maximum Gasteiger partial charge on any atom is 0.325 e. The molecule has 0 unspecified atom stereocenters. The van der Waals surface area contributed by atoms with Gasteiger partial charge in [-0.05, 0) is 17.7 Å². The number of nitrogens with zero attached hydrogens (tertiary/aromatic N) is 1. The summed E-state index contributed by atoms with van der Waals surface area (Å²) in [5.41, 5.74) is 2.16. The molecule has 0 saturated heterocycles. The van der Waals surface area contributed by atoms with Crippen LogP contribution in [0.5, 0.6) is 0 Å². The Balaban J connectivity index is 1.94. The van der Waals surface area contributed by atoms with Gasteiger partial charge in [-0.15, -0.1) is 0 Å². The molecule has 21 heavy (non-hydrogen) atoms. The maximum absolute atomic E-state index is 11.6. The van der Waals surface area contributed by atoms with E-state index < -0.39 is 17.2 Å². The van der Waals surface area contributed by atoms with Crippen molar-refractivity contribution in [1.29, 1.82) is 0 Å². The normalized spacial score (nSPS) is 10.7. The van der Waals surface area contributed by atoms with Crippen molar-refractivity contribution in [3.05, 3.63) is 66.9 Å². The molecule has 0 saturated carbocycles. The molecule has 1 aromatic carbocycles. The smallest absolute Gasteiger partial charge is 0.311 e. The number of benzene rings is 1. The minimum Gasteiger partial charge on any atom is -0.311 e. The fourth-order valence-electron chi connectivity index (χ4n) is 1.55. The maximum atomic E-state index is 11.6. The highest BCUT2D eigenvalue weighted by Gasteiger charge is 2.04. The summed E-state index contributed by atoms with van der Waals surface area (Å²) < 4.78 is 0.946. The molecule has 7 nitrogen and oxygen atoms in total. The molecule has 0 bridgehead atoms. The van der Waals surface area contributed by atoms with Gasteiger partial charge < -0.3 is 4.98 Å². The van der Waals surface area contributed by atoms with Gasteiger partial charge in [0.1, 0.15) is 0 Å². The first-order chi connectivity index (χ1) is 10.0. The second kappa shape index (κ2) is 6.80. The molecule has 0 fully saturated rings. The lowest BCUT2D eigenvalue weighted by Crippen LogP contribution is -2.26. The lowest BCUT2D eigenvalue weighted by atomic mass is 10.2. The Hall–Kier alpha value is -2.48. The number of carbonyl (C=O) groups excluding carboxylic acids is 1. The van der Waals surface area contributed by atoms with Gasteiger partial charge in [-0.1, -0.05) is 28.1 Å². The van der Waals surface area contributed by atoms with E-state index in [9.17, 15) is 14.4 Å². The summed E-state index contributed by atoms with van der Waals surface area (Å²) in [5, 5.41) is 3.79. The van der Waals surface area contributed by atoms with Crippen molar-refractivity contribution >= 4 is 28.1 Å². The van der Waals surface area contributed by atoms with Crippen LogP contribution in [0.2, 0.25) is 0 Å². The van der Waals surface area contributed by atoms with E-state index in [1.165, 1.54) is 6.21 Å². The first-order valence-electron chi connectivity index (χ1n) is 5.93. The number of rotatable bonds is 4. The third-order valence-corrected chi connectivity index (χ3v) is 2.97. The topological polar surface area (TPSA) is 107 Å². The zero-order valence-electron chi connectivity index (χ0n) is 10.7. The molecule has 1 aromatic heterocycles. The average molecular weight is 351 g/mol. The lowest BCUT2D eigenvalue weighted by molar-refractivity contribution is -0.120. The van der Waals surface area contributed by atoms with E-state index in [1.54, 1.807) is 0 Å². The Kier molecular flexibility index (Phi) is 4.83. The van der Waals surface area contributed by atoms with Gasteiger partial charge in [0.2, 0.25) is 5.91 Å². The predicted octanol–water partition coefficient (Wildman–Crippen LogP) is 0.519. The molecular weight excluding hydrogens is 340 g/mol. The Morgan fingerprint density at radius 3 is 2.62 bits per heavy atom. The molecule has 0 aliphatic heterocycles. The summed E-state index contributed by atoms with van der Waals surface area (Å²) in [7, 11) is 0. The molecule has 0 aliphatic carbocycles. The minimum absolute atomic E-state index is 0.142. The standard InChI is InChI=1S/C13H11BrN4O3/c14-9-3-1-8(2-4-9)7-15-18-12(20)6-10-5-11(19)17-13(21)16-10/h1-5,7H,6H2,(H,18,20)(H2,16,17,19,21). The lowest BCUT2D eigenvalue weighted by Gasteiger charge is -1.99. The highest BCUT2D eigenvalue weighted by molar-refractivity contribution is 9.10. The van der Waals surface area contributed by atoms with Gasteiger partial charge in [-0.25, -0.2) is 10.2 Å². The van der Waals surface area contributed by atoms with Crippen LogP contribution >= 0.6 is 15.9 Å². The van der Waals surface area contributed by atoms with Crippen LogP contribution in [0.25, 0.3) is 0 Å². The fourth-order valence-corrected chi connectivity index (χ4v) is 1.82. The van der Waals surface area contributed by atoms with Crippen LogP contribution in [0, 0.1) is 0 Å². The molecule has 0 aliphatic rings. The Labute approximate surface area is 127 Å². The van der Waals surface area contributed by atoms with E-state index in [0.717, 1.165) is 16.1 Å². The molecule has 1 amide bonds. The van der Waals surface area contributed by atoms with Crippen molar-refractivity contribution in [2.75, 3.05) is 0 Å². The summed E-state index contributed by atoms with van der Waals surface area (Å²) in [6.45, 7) is 0. The van der Waals surface area contributed by atoms with Gasteiger partial charge in [0.05, 0.1) is 12.6 Å². The number of hydrogen-bond acceptors (Lipinski definition) is 4. The quantitative estimate of drug-likeness (QED) is 0.552. The summed E-state index contributed by atoms with van der Waals surface area (Å²) in [4.78, 5) is 38.1. The molecule has 0 spiro atoms. The molecule has 8 heteroatoms. The highest BCUT2D eigenvalue weighted by Crippen LogP contribution is 2.08. The van der Waals surface area contributed by atoms with E-state index in [0.29, 0.717) is 0 Å². The third kappa shape index (κ3) is 4.84. The number of aromatic nitrogens is 2. The zero-order chi connectivity index (χ0) is 15.2. The first-order valence-corrected chi connectivity index (χ1v) is 6.72. The van der Waals surface area contributed by atoms with E-state index in [4.69, 9.17) is 0 Å². The molecule has 108 valence electrons. The molecule has 3 N–H and O–H groups in total. The van der Waals surface area contributed by atoms with E-state index in [-0.39, 0.29) is 12.1 Å². The summed E-state index contributed by atoms with van der Waals surface area (Å²) >= 11 is 3.31. The monoisotopic (exact) mass is 350 g/mol. The van der Waals surface area contributed by atoms with Crippen molar-refractivity contribution < 1.29 is 4.79 Å². The Morgan fingerprint density at radius 1 is 1.24 bits per heavy atom. The van der Waals surface area contributed by atoms with Crippen LogP contribution in [0.4, 0.5) is 0 Å². The average Bonchev–Trinajstić information content (AvgIpc) is 2.39. The van der Waals surface area contributed by atoms with Gasteiger partial charge in [0.15, 0.2) is 0 Å². The van der Waals surface area contributed by atoms with Gasteiger partial charge in [-0.3, -0.25) is 14.6 Å². The van der Waals surface area contributed by atoms with E-state index >= 15 is 0 Å². The van der Waals surface area contributed by atoms with Gasteiger partial charge in [-0.2, -0.15) is 5.10 Å². The van der Waals surface area contributed by atoms with Crippen molar-refractivity contribution in [2.24, 2.45) is 5.10 Å². The van der Waals surface area contributed by atoms with Crippen LogP contribution in [0.15, 0.2) is 49.5 Å². The molecule has 2 rings (SSSR count). The largest absolute Gasteiger partial charge is 0.325 e. The van der Waals surface area contributed by atoms with Gasteiger partial charge >= 0.3 is 5.69 Å². The Bertz CT molecular complexity index is 749. The number of nitrogens with one attached hydrogen (secondary N) is 3. The first kappa shape index (κ1) is 14.9. The summed E-state index contributed by atoms with van der Waals surface area (Å²) in [6.07, 6.45) is 1.35. The number of carbonyl (C=O) groups is 1. The van der Waals surface area contributed by atoms with Gasteiger partial charge in [0.25, 0.3) is 5.56 Å². The van der Waals surface area contributed by atoms with Crippen LogP contribution < -0.4 is 16.7 Å². The Morgan fingerprint density at radius 2 is 1.95 bits per heavy atom. The number of hydrogen-bond donors (Lipinski definition) is 3. The molecule has 0 atom stereocenters. The zero-order valence-corrected chi connectivity index (χ0v) is 12.3. The number of H-pyrrole nitrogens is 2. The molecule has 0 radical (unpaired) electrons. The highest BCUT2D eigenvalue weighted by atomic mass is 79.9. The van der Waals surface area contributed by atoms with Crippen LogP contribution in [0.3, 0.4) is 0 Å². The number of amides is 1. The minimum atomic E-state index is -0.649. The second-order valence-electron chi connectivity index (χ2n) is 4.13. The third-order valence-electron chi connectivity index (χ3n) is 2.44. The van der Waals surface area contributed by atoms with Crippen molar-refractivity contribution in [3.63, 3.8) is 0 Å². The van der Waals surface area contributed by atoms with E-state index in [2.05, 4.69) is 31.4 Å². The molecule has 1 heterocycles. The molecular formula is C13H11BrN4O3.